The average Bonchev–Trinajstić information content (AvgIpc) is 2.31. The van der Waals surface area contributed by atoms with Crippen molar-refractivity contribution in [3.05, 3.63) is 0 Å². The molecule has 0 amide bonds. The number of likely N-dealkylation sites (tertiary alicyclic amines) is 1. The Balaban J connectivity index is 1.78. The highest BCUT2D eigenvalue weighted by atomic mass is 19.1. The van der Waals surface area contributed by atoms with Crippen molar-refractivity contribution in [1.29, 1.82) is 0 Å². The predicted molar refractivity (Wildman–Crippen MR) is 38.7 cm³/mol. The zero-order valence-electron chi connectivity index (χ0n) is 6.22. The predicted octanol–water partition coefficient (Wildman–Crippen LogP) is 1.58. The second-order valence-electron chi connectivity index (χ2n) is 3.49. The third kappa shape index (κ3) is 1.05. The van der Waals surface area contributed by atoms with Gasteiger partial charge in [0.15, 0.2) is 0 Å². The Hall–Kier alpha value is -0.110. The van der Waals surface area contributed by atoms with Gasteiger partial charge < -0.3 is 0 Å². The highest BCUT2D eigenvalue weighted by Crippen LogP contribution is 2.27. The Morgan fingerprint density at radius 3 is 2.20 bits per heavy atom. The van der Waals surface area contributed by atoms with Gasteiger partial charge in [-0.3, -0.25) is 4.90 Å². The second-order valence-corrected chi connectivity index (χ2v) is 3.49. The molecule has 1 saturated heterocycles. The second kappa shape index (κ2) is 2.50. The summed E-state index contributed by atoms with van der Waals surface area (Å²) >= 11 is 0. The van der Waals surface area contributed by atoms with Crippen LogP contribution in [0.1, 0.15) is 25.7 Å². The van der Waals surface area contributed by atoms with Crippen LogP contribution in [0.25, 0.3) is 0 Å². The van der Waals surface area contributed by atoms with Crippen molar-refractivity contribution in [2.24, 2.45) is 0 Å². The Labute approximate surface area is 61.2 Å². The molecule has 0 atom stereocenters. The largest absolute Gasteiger partial charge is 0.295 e. The number of nitrogens with zero attached hydrogens (tertiary/aromatic N) is 1. The fraction of sp³-hybridized carbons (Fsp3) is 1.00. The molecule has 0 aromatic carbocycles. The van der Waals surface area contributed by atoms with Crippen LogP contribution >= 0.6 is 0 Å². The summed E-state index contributed by atoms with van der Waals surface area (Å²) in [6.45, 7) is 1.43. The molecule has 0 bridgehead atoms. The molecule has 0 N–H and O–H groups in total. The van der Waals surface area contributed by atoms with Crippen LogP contribution in [0.15, 0.2) is 0 Å². The van der Waals surface area contributed by atoms with Crippen LogP contribution in [-0.4, -0.2) is 30.2 Å². The standard InChI is InChI=1S/C8H14FN/c9-7-5-10(6-7)8-3-1-2-4-8/h7-8H,1-6H2. The van der Waals surface area contributed by atoms with E-state index >= 15 is 0 Å². The van der Waals surface area contributed by atoms with E-state index in [4.69, 9.17) is 0 Å². The lowest BCUT2D eigenvalue weighted by atomic mass is 10.1. The first kappa shape index (κ1) is 6.59. The van der Waals surface area contributed by atoms with E-state index in [0.29, 0.717) is 13.1 Å². The molecular formula is C8H14FN. The molecule has 0 unspecified atom stereocenters. The average molecular weight is 143 g/mol. The summed E-state index contributed by atoms with van der Waals surface area (Å²) < 4.78 is 12.4. The van der Waals surface area contributed by atoms with E-state index in [1.165, 1.54) is 25.7 Å². The van der Waals surface area contributed by atoms with Crippen molar-refractivity contribution in [2.45, 2.75) is 37.9 Å². The summed E-state index contributed by atoms with van der Waals surface area (Å²) in [5.41, 5.74) is 0. The molecule has 2 fully saturated rings. The SMILES string of the molecule is FC1CN(C2CCCC2)C1. The van der Waals surface area contributed by atoms with Crippen molar-refractivity contribution in [2.75, 3.05) is 13.1 Å². The lowest BCUT2D eigenvalue weighted by molar-refractivity contribution is 0.0297. The molecule has 0 aromatic heterocycles. The van der Waals surface area contributed by atoms with E-state index in [1.807, 2.05) is 0 Å². The number of hydrogen-bond donors (Lipinski definition) is 0. The van der Waals surface area contributed by atoms with E-state index in [0.717, 1.165) is 6.04 Å². The first-order valence-corrected chi connectivity index (χ1v) is 4.24. The summed E-state index contributed by atoms with van der Waals surface area (Å²) in [5, 5.41) is 0. The van der Waals surface area contributed by atoms with Gasteiger partial charge in [0.05, 0.1) is 0 Å². The molecule has 2 heteroatoms. The zero-order valence-corrected chi connectivity index (χ0v) is 6.22. The van der Waals surface area contributed by atoms with E-state index in [1.54, 1.807) is 0 Å². The molecule has 1 aliphatic heterocycles. The van der Waals surface area contributed by atoms with Crippen LogP contribution in [0.3, 0.4) is 0 Å². The monoisotopic (exact) mass is 143 g/mol. The maximum absolute atomic E-state index is 12.4. The van der Waals surface area contributed by atoms with Crippen molar-refractivity contribution in [3.63, 3.8) is 0 Å². The maximum atomic E-state index is 12.4. The number of rotatable bonds is 1. The summed E-state index contributed by atoms with van der Waals surface area (Å²) in [6.07, 6.45) is 4.83. The van der Waals surface area contributed by atoms with Crippen molar-refractivity contribution < 1.29 is 4.39 Å². The van der Waals surface area contributed by atoms with Crippen LogP contribution in [-0.2, 0) is 0 Å². The third-order valence-corrected chi connectivity index (χ3v) is 2.71. The lowest BCUT2D eigenvalue weighted by Gasteiger charge is -2.39. The Bertz CT molecular complexity index is 114. The Kier molecular flexibility index (Phi) is 1.65. The highest BCUT2D eigenvalue weighted by molar-refractivity contribution is 4.87. The fourth-order valence-corrected chi connectivity index (χ4v) is 2.02. The molecule has 1 nitrogen and oxygen atoms in total. The number of hydrogen-bond acceptors (Lipinski definition) is 1. The van der Waals surface area contributed by atoms with E-state index < -0.39 is 6.17 Å². The Morgan fingerprint density at radius 2 is 1.70 bits per heavy atom. The van der Waals surface area contributed by atoms with E-state index in [-0.39, 0.29) is 0 Å². The molecule has 0 aromatic rings. The molecule has 0 spiro atoms. The van der Waals surface area contributed by atoms with Crippen LogP contribution in [0.2, 0.25) is 0 Å². The van der Waals surface area contributed by atoms with Gasteiger partial charge in [0, 0.05) is 19.1 Å². The smallest absolute Gasteiger partial charge is 0.125 e. The number of alkyl halides is 1. The molecule has 1 saturated carbocycles. The molecule has 2 aliphatic rings. The lowest BCUT2D eigenvalue weighted by Crippen LogP contribution is -2.52. The van der Waals surface area contributed by atoms with Gasteiger partial charge in [0.25, 0.3) is 0 Å². The van der Waals surface area contributed by atoms with Gasteiger partial charge in [0.1, 0.15) is 6.17 Å². The normalized spacial score (nSPS) is 30.9. The molecular weight excluding hydrogens is 129 g/mol. The van der Waals surface area contributed by atoms with Gasteiger partial charge in [-0.1, -0.05) is 12.8 Å². The van der Waals surface area contributed by atoms with Crippen molar-refractivity contribution in [1.82, 2.24) is 4.90 Å². The maximum Gasteiger partial charge on any atom is 0.125 e. The summed E-state index contributed by atoms with van der Waals surface area (Å²) in [4.78, 5) is 2.29. The molecule has 2 rings (SSSR count). The van der Waals surface area contributed by atoms with E-state index in [2.05, 4.69) is 4.90 Å². The minimum absolute atomic E-state index is 0.513. The first-order valence-electron chi connectivity index (χ1n) is 4.24. The van der Waals surface area contributed by atoms with Crippen molar-refractivity contribution >= 4 is 0 Å². The molecule has 10 heavy (non-hydrogen) atoms. The summed E-state index contributed by atoms with van der Waals surface area (Å²) in [6, 6.07) is 0.743. The molecule has 1 aliphatic carbocycles. The molecule has 1 heterocycles. The fourth-order valence-electron chi connectivity index (χ4n) is 2.02. The van der Waals surface area contributed by atoms with Crippen LogP contribution in [0.5, 0.6) is 0 Å². The van der Waals surface area contributed by atoms with Gasteiger partial charge in [-0.2, -0.15) is 0 Å². The minimum atomic E-state index is -0.513. The van der Waals surface area contributed by atoms with E-state index in [9.17, 15) is 4.39 Å². The van der Waals surface area contributed by atoms with Gasteiger partial charge >= 0.3 is 0 Å². The van der Waals surface area contributed by atoms with Gasteiger partial charge in [-0.15, -0.1) is 0 Å². The van der Waals surface area contributed by atoms with Gasteiger partial charge in [0.2, 0.25) is 0 Å². The minimum Gasteiger partial charge on any atom is -0.295 e. The van der Waals surface area contributed by atoms with Crippen LogP contribution in [0, 0.1) is 0 Å². The highest BCUT2D eigenvalue weighted by Gasteiger charge is 2.33. The first-order chi connectivity index (χ1) is 4.86. The van der Waals surface area contributed by atoms with Gasteiger partial charge in [-0.25, -0.2) is 4.39 Å². The molecule has 58 valence electrons. The third-order valence-electron chi connectivity index (χ3n) is 2.71. The summed E-state index contributed by atoms with van der Waals surface area (Å²) in [7, 11) is 0. The topological polar surface area (TPSA) is 3.24 Å². The quantitative estimate of drug-likeness (QED) is 0.538. The molecule has 0 radical (unpaired) electrons. The van der Waals surface area contributed by atoms with Gasteiger partial charge in [-0.05, 0) is 12.8 Å². The number of halogens is 1. The van der Waals surface area contributed by atoms with Crippen LogP contribution < -0.4 is 0 Å². The van der Waals surface area contributed by atoms with Crippen LogP contribution in [0.4, 0.5) is 4.39 Å². The van der Waals surface area contributed by atoms with Crippen molar-refractivity contribution in [3.8, 4) is 0 Å². The zero-order chi connectivity index (χ0) is 6.97. The Morgan fingerprint density at radius 1 is 1.10 bits per heavy atom. The summed E-state index contributed by atoms with van der Waals surface area (Å²) in [5.74, 6) is 0.